The molecule has 1 aliphatic rings. The summed E-state index contributed by atoms with van der Waals surface area (Å²) in [6.45, 7) is 1.26. The first-order valence-electron chi connectivity index (χ1n) is 6.01. The van der Waals surface area contributed by atoms with Gasteiger partial charge < -0.3 is 20.8 Å². The lowest BCUT2D eigenvalue weighted by Crippen LogP contribution is -2.27. The van der Waals surface area contributed by atoms with Crippen LogP contribution in [0.1, 0.15) is 6.42 Å². The predicted molar refractivity (Wildman–Crippen MR) is 70.8 cm³/mol. The van der Waals surface area contributed by atoms with Crippen LogP contribution in [0.2, 0.25) is 0 Å². The third-order valence-corrected chi connectivity index (χ3v) is 3.50. The van der Waals surface area contributed by atoms with E-state index in [1.807, 2.05) is 4.90 Å². The zero-order chi connectivity index (χ0) is 13.6. The van der Waals surface area contributed by atoms with E-state index in [0.717, 1.165) is 5.69 Å². The number of hydrogen-bond acceptors (Lipinski definition) is 5. The number of aromatic nitrogens is 1. The summed E-state index contributed by atoms with van der Waals surface area (Å²) in [5, 5.41) is 0. The summed E-state index contributed by atoms with van der Waals surface area (Å²) >= 11 is 0. The molecule has 5 N–H and O–H groups in total. The molecule has 0 spiro atoms. The first-order chi connectivity index (χ1) is 9.04. The third kappa shape index (κ3) is 1.92. The quantitative estimate of drug-likeness (QED) is 0.659. The molecule has 0 aliphatic carbocycles. The van der Waals surface area contributed by atoms with Gasteiger partial charge in [0, 0.05) is 19.2 Å². The first-order valence-corrected chi connectivity index (χ1v) is 6.01. The van der Waals surface area contributed by atoms with Gasteiger partial charge in [0.05, 0.1) is 22.8 Å². The minimum absolute atomic E-state index is 0.154. The standard InChI is InChI=1S/C12H14N4O3/c13-7-3-10-8(15-12(18)19-10)4-9(7)16-2-1-6(5-16)11(14)17/h3-4,6H,1-2,5,13H2,(H2,14,17)(H,15,18). The summed E-state index contributed by atoms with van der Waals surface area (Å²) in [6.07, 6.45) is 0.717. The molecule has 0 saturated carbocycles. The van der Waals surface area contributed by atoms with E-state index >= 15 is 0 Å². The van der Waals surface area contributed by atoms with E-state index in [-0.39, 0.29) is 11.8 Å². The molecule has 2 aromatic rings. The summed E-state index contributed by atoms with van der Waals surface area (Å²) < 4.78 is 4.94. The Morgan fingerprint density at radius 2 is 2.26 bits per heavy atom. The van der Waals surface area contributed by atoms with Gasteiger partial charge in [-0.3, -0.25) is 9.78 Å². The molecule has 0 radical (unpaired) electrons. The van der Waals surface area contributed by atoms with Gasteiger partial charge in [0.25, 0.3) is 0 Å². The van der Waals surface area contributed by atoms with E-state index in [2.05, 4.69) is 4.98 Å². The molecule has 2 heterocycles. The van der Waals surface area contributed by atoms with E-state index in [1.165, 1.54) is 0 Å². The fraction of sp³-hybridized carbons (Fsp3) is 0.333. The number of oxazole rings is 1. The molecule has 1 unspecified atom stereocenters. The van der Waals surface area contributed by atoms with Crippen LogP contribution >= 0.6 is 0 Å². The van der Waals surface area contributed by atoms with Crippen LogP contribution in [0.4, 0.5) is 11.4 Å². The van der Waals surface area contributed by atoms with Crippen LogP contribution < -0.4 is 22.1 Å². The number of benzene rings is 1. The zero-order valence-electron chi connectivity index (χ0n) is 10.2. The number of primary amides is 1. The summed E-state index contributed by atoms with van der Waals surface area (Å²) in [4.78, 5) is 26.9. The Balaban J connectivity index is 1.98. The summed E-state index contributed by atoms with van der Waals surface area (Å²) in [6, 6.07) is 3.37. The van der Waals surface area contributed by atoms with E-state index in [4.69, 9.17) is 15.9 Å². The molecule has 100 valence electrons. The fourth-order valence-electron chi connectivity index (χ4n) is 2.49. The Labute approximate surface area is 108 Å². The molecule has 1 aromatic heterocycles. The van der Waals surface area contributed by atoms with Crippen LogP contribution in [-0.4, -0.2) is 24.0 Å². The Bertz CT molecular complexity index is 703. The predicted octanol–water partition coefficient (Wildman–Crippen LogP) is 0.0149. The molecule has 7 heteroatoms. The maximum absolute atomic E-state index is 11.2. The third-order valence-electron chi connectivity index (χ3n) is 3.50. The minimum Gasteiger partial charge on any atom is -0.408 e. The fourth-order valence-corrected chi connectivity index (χ4v) is 2.49. The highest BCUT2D eigenvalue weighted by Crippen LogP contribution is 2.31. The molecule has 1 amide bonds. The van der Waals surface area contributed by atoms with Gasteiger partial charge in [0.15, 0.2) is 5.58 Å². The van der Waals surface area contributed by atoms with Gasteiger partial charge in [0.1, 0.15) is 0 Å². The van der Waals surface area contributed by atoms with Gasteiger partial charge in [-0.25, -0.2) is 4.79 Å². The van der Waals surface area contributed by atoms with E-state index in [9.17, 15) is 9.59 Å². The van der Waals surface area contributed by atoms with Crippen LogP contribution in [-0.2, 0) is 4.79 Å². The van der Waals surface area contributed by atoms with Gasteiger partial charge in [-0.15, -0.1) is 0 Å². The topological polar surface area (TPSA) is 118 Å². The average molecular weight is 262 g/mol. The van der Waals surface area contributed by atoms with Gasteiger partial charge in [-0.05, 0) is 12.5 Å². The molecule has 1 aromatic carbocycles. The van der Waals surface area contributed by atoms with Crippen molar-refractivity contribution >= 4 is 28.4 Å². The lowest BCUT2D eigenvalue weighted by molar-refractivity contribution is -0.121. The molecule has 19 heavy (non-hydrogen) atoms. The molecule has 7 nitrogen and oxygen atoms in total. The van der Waals surface area contributed by atoms with Gasteiger partial charge in [-0.2, -0.15) is 0 Å². The number of nitrogens with one attached hydrogen (secondary N) is 1. The van der Waals surface area contributed by atoms with Gasteiger partial charge in [0.2, 0.25) is 5.91 Å². The Hall–Kier alpha value is -2.44. The molecule has 1 atom stereocenters. The minimum atomic E-state index is -0.511. The van der Waals surface area contributed by atoms with Crippen molar-refractivity contribution in [1.29, 1.82) is 0 Å². The number of hydrogen-bond donors (Lipinski definition) is 3. The van der Waals surface area contributed by atoms with E-state index in [0.29, 0.717) is 36.3 Å². The average Bonchev–Trinajstić information content (AvgIpc) is 2.92. The van der Waals surface area contributed by atoms with E-state index < -0.39 is 5.76 Å². The number of amides is 1. The van der Waals surface area contributed by atoms with Crippen molar-refractivity contribution in [1.82, 2.24) is 4.98 Å². The van der Waals surface area contributed by atoms with Crippen molar-refractivity contribution in [2.45, 2.75) is 6.42 Å². The van der Waals surface area contributed by atoms with Crippen LogP contribution in [0.5, 0.6) is 0 Å². The normalized spacial score (nSPS) is 19.2. The molecular formula is C12H14N4O3. The summed E-state index contributed by atoms with van der Waals surface area (Å²) in [7, 11) is 0. The first kappa shape index (κ1) is 11.6. The number of anilines is 2. The largest absolute Gasteiger partial charge is 0.417 e. The Kier molecular flexibility index (Phi) is 2.48. The molecule has 1 aliphatic heterocycles. The van der Waals surface area contributed by atoms with Crippen LogP contribution in [0, 0.1) is 5.92 Å². The second-order valence-electron chi connectivity index (χ2n) is 4.76. The lowest BCUT2D eigenvalue weighted by Gasteiger charge is -2.20. The highest BCUT2D eigenvalue weighted by Gasteiger charge is 2.28. The van der Waals surface area contributed by atoms with Crippen molar-refractivity contribution in [2.24, 2.45) is 11.7 Å². The smallest absolute Gasteiger partial charge is 0.408 e. The summed E-state index contributed by atoms with van der Waals surface area (Å²) in [5.41, 5.74) is 13.6. The van der Waals surface area contributed by atoms with Crippen molar-refractivity contribution in [2.75, 3.05) is 23.7 Å². The zero-order valence-corrected chi connectivity index (χ0v) is 10.2. The highest BCUT2D eigenvalue weighted by molar-refractivity contribution is 5.86. The molecule has 1 saturated heterocycles. The number of nitrogen functional groups attached to an aromatic ring is 1. The summed E-state index contributed by atoms with van der Waals surface area (Å²) in [5.74, 6) is -0.958. The molecular weight excluding hydrogens is 248 g/mol. The lowest BCUT2D eigenvalue weighted by atomic mass is 10.1. The van der Waals surface area contributed by atoms with Crippen LogP contribution in [0.15, 0.2) is 21.3 Å². The second-order valence-corrected chi connectivity index (χ2v) is 4.76. The number of rotatable bonds is 2. The molecule has 0 bridgehead atoms. The van der Waals surface area contributed by atoms with Crippen LogP contribution in [0.25, 0.3) is 11.1 Å². The van der Waals surface area contributed by atoms with Gasteiger partial charge in [-0.1, -0.05) is 0 Å². The number of fused-ring (bicyclic) bond motifs is 1. The van der Waals surface area contributed by atoms with Crippen molar-refractivity contribution in [3.63, 3.8) is 0 Å². The number of H-pyrrole nitrogens is 1. The highest BCUT2D eigenvalue weighted by atomic mass is 16.4. The number of nitrogens with two attached hydrogens (primary N) is 2. The Morgan fingerprint density at radius 1 is 1.47 bits per heavy atom. The molecule has 3 rings (SSSR count). The maximum Gasteiger partial charge on any atom is 0.417 e. The van der Waals surface area contributed by atoms with Crippen molar-refractivity contribution in [3.8, 4) is 0 Å². The van der Waals surface area contributed by atoms with E-state index in [1.54, 1.807) is 12.1 Å². The van der Waals surface area contributed by atoms with Crippen molar-refractivity contribution in [3.05, 3.63) is 22.7 Å². The van der Waals surface area contributed by atoms with Gasteiger partial charge >= 0.3 is 5.76 Å². The SMILES string of the molecule is NC(=O)C1CCN(c2cc3[nH]c(=O)oc3cc2N)C1. The molecule has 1 fully saturated rings. The number of aromatic amines is 1. The second kappa shape index (κ2) is 4.04. The van der Waals surface area contributed by atoms with Crippen molar-refractivity contribution < 1.29 is 9.21 Å². The number of carbonyl (C=O) groups is 1. The number of nitrogens with zero attached hydrogens (tertiary/aromatic N) is 1. The Morgan fingerprint density at radius 3 is 2.95 bits per heavy atom. The monoisotopic (exact) mass is 262 g/mol. The number of carbonyl (C=O) groups excluding carboxylic acids is 1. The maximum atomic E-state index is 11.2. The van der Waals surface area contributed by atoms with Crippen LogP contribution in [0.3, 0.4) is 0 Å².